The van der Waals surface area contributed by atoms with Gasteiger partial charge in [0.05, 0.1) is 6.10 Å². The van der Waals surface area contributed by atoms with E-state index < -0.39 is 6.10 Å². The lowest BCUT2D eigenvalue weighted by molar-refractivity contribution is 0.0474. The third-order valence-corrected chi connectivity index (χ3v) is 4.55. The summed E-state index contributed by atoms with van der Waals surface area (Å²) in [7, 11) is 0. The molecule has 0 amide bonds. The Hall–Kier alpha value is -1.42. The van der Waals surface area contributed by atoms with Crippen molar-refractivity contribution >= 4 is 12.4 Å². The molecule has 1 N–H and O–H groups in total. The molecule has 0 radical (unpaired) electrons. The van der Waals surface area contributed by atoms with Gasteiger partial charge in [-0.1, -0.05) is 36.4 Å². The second-order valence-electron chi connectivity index (χ2n) is 6.18. The van der Waals surface area contributed by atoms with Gasteiger partial charge in [-0.15, -0.1) is 12.4 Å². The number of aryl methyl sites for hydroxylation is 1. The van der Waals surface area contributed by atoms with Gasteiger partial charge in [0.1, 0.15) is 5.82 Å². The van der Waals surface area contributed by atoms with Crippen LogP contribution in [0.15, 0.2) is 48.5 Å². The topological polar surface area (TPSA) is 23.5 Å². The van der Waals surface area contributed by atoms with Crippen LogP contribution in [0.25, 0.3) is 0 Å². The Morgan fingerprint density at radius 1 is 1.17 bits per heavy atom. The number of aliphatic hydroxyl groups is 1. The van der Waals surface area contributed by atoms with Crippen molar-refractivity contribution in [2.75, 3.05) is 13.1 Å². The molecule has 0 saturated carbocycles. The molecule has 1 saturated heterocycles. The van der Waals surface area contributed by atoms with Crippen molar-refractivity contribution in [2.24, 2.45) is 0 Å². The van der Waals surface area contributed by atoms with Crippen LogP contribution in [-0.4, -0.2) is 29.2 Å². The standard InChI is InChI=1S/C19H22FNO.ClH/c1-14-11-16(20)7-8-17(14)18-9-10-21(13-19(18)22)12-15-5-3-2-4-6-15;/h2-8,11,18-19,22H,9-10,12-13H2,1H3;1H. The summed E-state index contributed by atoms with van der Waals surface area (Å²) in [5.74, 6) is -0.107. The molecule has 0 aromatic heterocycles. The molecule has 2 nitrogen and oxygen atoms in total. The van der Waals surface area contributed by atoms with E-state index in [0.29, 0.717) is 6.54 Å². The molecule has 1 fully saturated rings. The minimum Gasteiger partial charge on any atom is -0.391 e. The molecule has 4 heteroatoms. The number of hydrogen-bond donors (Lipinski definition) is 1. The Kier molecular flexibility index (Phi) is 6.17. The van der Waals surface area contributed by atoms with E-state index in [-0.39, 0.29) is 24.1 Å². The second-order valence-corrected chi connectivity index (χ2v) is 6.18. The molecule has 124 valence electrons. The first-order chi connectivity index (χ1) is 10.6. The number of hydrogen-bond acceptors (Lipinski definition) is 2. The van der Waals surface area contributed by atoms with Crippen molar-refractivity contribution in [3.05, 3.63) is 71.0 Å². The molecule has 23 heavy (non-hydrogen) atoms. The van der Waals surface area contributed by atoms with E-state index in [1.54, 1.807) is 6.07 Å². The number of piperidine rings is 1. The van der Waals surface area contributed by atoms with Crippen LogP contribution >= 0.6 is 12.4 Å². The zero-order valence-corrected chi connectivity index (χ0v) is 14.1. The van der Waals surface area contributed by atoms with Gasteiger partial charge in [0, 0.05) is 19.0 Å². The lowest BCUT2D eigenvalue weighted by atomic mass is 9.84. The highest BCUT2D eigenvalue weighted by Gasteiger charge is 2.29. The zero-order valence-electron chi connectivity index (χ0n) is 13.3. The summed E-state index contributed by atoms with van der Waals surface area (Å²) in [5.41, 5.74) is 3.28. The predicted octanol–water partition coefficient (Wildman–Crippen LogP) is 3.91. The molecule has 1 aliphatic rings. The van der Waals surface area contributed by atoms with E-state index in [1.807, 2.05) is 31.2 Å². The van der Waals surface area contributed by atoms with Crippen LogP contribution in [0.2, 0.25) is 0 Å². The Morgan fingerprint density at radius 2 is 1.91 bits per heavy atom. The van der Waals surface area contributed by atoms with Gasteiger partial charge in [0.2, 0.25) is 0 Å². The number of β-amino-alcohol motifs (C(OH)–C–C–N with tert-alkyl or cyclic N) is 1. The molecule has 0 bridgehead atoms. The predicted molar refractivity (Wildman–Crippen MR) is 93.5 cm³/mol. The summed E-state index contributed by atoms with van der Waals surface area (Å²) in [5, 5.41) is 10.5. The van der Waals surface area contributed by atoms with Gasteiger partial charge in [-0.2, -0.15) is 0 Å². The molecule has 2 unspecified atom stereocenters. The molecule has 2 atom stereocenters. The Balaban J connectivity index is 0.00000192. The minimum atomic E-state index is -0.401. The lowest BCUT2D eigenvalue weighted by Crippen LogP contribution is -2.42. The molecule has 2 aromatic carbocycles. The van der Waals surface area contributed by atoms with Crippen molar-refractivity contribution in [1.82, 2.24) is 4.90 Å². The van der Waals surface area contributed by atoms with Crippen LogP contribution in [0.3, 0.4) is 0 Å². The van der Waals surface area contributed by atoms with Crippen molar-refractivity contribution in [1.29, 1.82) is 0 Å². The summed E-state index contributed by atoms with van der Waals surface area (Å²) in [4.78, 5) is 2.29. The minimum absolute atomic E-state index is 0. The Morgan fingerprint density at radius 3 is 2.57 bits per heavy atom. The number of benzene rings is 2. The van der Waals surface area contributed by atoms with Crippen LogP contribution in [0, 0.1) is 12.7 Å². The van der Waals surface area contributed by atoms with E-state index in [0.717, 1.165) is 30.6 Å². The fourth-order valence-corrected chi connectivity index (χ4v) is 3.40. The van der Waals surface area contributed by atoms with E-state index in [9.17, 15) is 9.50 Å². The smallest absolute Gasteiger partial charge is 0.123 e. The van der Waals surface area contributed by atoms with Gasteiger partial charge in [0.15, 0.2) is 0 Å². The first-order valence-corrected chi connectivity index (χ1v) is 7.84. The average molecular weight is 336 g/mol. The molecular weight excluding hydrogens is 313 g/mol. The van der Waals surface area contributed by atoms with E-state index in [4.69, 9.17) is 0 Å². The van der Waals surface area contributed by atoms with Gasteiger partial charge in [-0.3, -0.25) is 4.90 Å². The number of likely N-dealkylation sites (tertiary alicyclic amines) is 1. The SMILES string of the molecule is Cc1cc(F)ccc1C1CCN(Cc2ccccc2)CC1O.Cl. The van der Waals surface area contributed by atoms with Crippen molar-refractivity contribution in [3.63, 3.8) is 0 Å². The summed E-state index contributed by atoms with van der Waals surface area (Å²) in [6, 6.07) is 15.2. The molecule has 2 aromatic rings. The number of nitrogens with zero attached hydrogens (tertiary/aromatic N) is 1. The highest BCUT2D eigenvalue weighted by molar-refractivity contribution is 5.85. The van der Waals surface area contributed by atoms with Crippen LogP contribution in [0.4, 0.5) is 4.39 Å². The van der Waals surface area contributed by atoms with Crippen LogP contribution in [0.5, 0.6) is 0 Å². The maximum atomic E-state index is 13.2. The number of aliphatic hydroxyl groups excluding tert-OH is 1. The molecule has 1 aliphatic heterocycles. The molecule has 3 rings (SSSR count). The summed E-state index contributed by atoms with van der Waals surface area (Å²) < 4.78 is 13.2. The normalized spacial score (nSPS) is 21.7. The highest BCUT2D eigenvalue weighted by Crippen LogP contribution is 2.31. The largest absolute Gasteiger partial charge is 0.391 e. The lowest BCUT2D eigenvalue weighted by Gasteiger charge is -2.36. The molecule has 0 aliphatic carbocycles. The Labute approximate surface area is 143 Å². The fraction of sp³-hybridized carbons (Fsp3) is 0.368. The quantitative estimate of drug-likeness (QED) is 0.919. The summed E-state index contributed by atoms with van der Waals surface area (Å²) in [6.45, 7) is 4.40. The summed E-state index contributed by atoms with van der Waals surface area (Å²) in [6.07, 6.45) is 0.502. The van der Waals surface area contributed by atoms with Crippen LogP contribution in [-0.2, 0) is 6.54 Å². The Bertz CT molecular complexity index is 635. The van der Waals surface area contributed by atoms with Gasteiger partial charge in [0.25, 0.3) is 0 Å². The first kappa shape index (κ1) is 17.9. The maximum Gasteiger partial charge on any atom is 0.123 e. The van der Waals surface area contributed by atoms with E-state index >= 15 is 0 Å². The zero-order chi connectivity index (χ0) is 15.5. The van der Waals surface area contributed by atoms with Crippen molar-refractivity contribution < 1.29 is 9.50 Å². The third kappa shape index (κ3) is 4.31. The van der Waals surface area contributed by atoms with Gasteiger partial charge < -0.3 is 5.11 Å². The fourth-order valence-electron chi connectivity index (χ4n) is 3.40. The summed E-state index contributed by atoms with van der Waals surface area (Å²) >= 11 is 0. The number of rotatable bonds is 3. The van der Waals surface area contributed by atoms with Crippen molar-refractivity contribution in [2.45, 2.75) is 31.9 Å². The van der Waals surface area contributed by atoms with Gasteiger partial charge >= 0.3 is 0 Å². The molecule has 1 heterocycles. The van der Waals surface area contributed by atoms with Gasteiger partial charge in [-0.25, -0.2) is 4.39 Å². The van der Waals surface area contributed by atoms with E-state index in [2.05, 4.69) is 17.0 Å². The van der Waals surface area contributed by atoms with E-state index in [1.165, 1.54) is 11.6 Å². The molecular formula is C19H23ClFNO. The van der Waals surface area contributed by atoms with Gasteiger partial charge in [-0.05, 0) is 48.7 Å². The number of halogens is 2. The van der Waals surface area contributed by atoms with Crippen LogP contribution < -0.4 is 0 Å². The third-order valence-electron chi connectivity index (χ3n) is 4.55. The van der Waals surface area contributed by atoms with Crippen molar-refractivity contribution in [3.8, 4) is 0 Å². The average Bonchev–Trinajstić information content (AvgIpc) is 2.49. The van der Waals surface area contributed by atoms with Crippen LogP contribution in [0.1, 0.15) is 29.0 Å². The second kappa shape index (κ2) is 7.91. The highest BCUT2D eigenvalue weighted by atomic mass is 35.5. The first-order valence-electron chi connectivity index (χ1n) is 7.84. The molecule has 0 spiro atoms. The maximum absolute atomic E-state index is 13.2. The monoisotopic (exact) mass is 335 g/mol.